The van der Waals surface area contributed by atoms with Crippen LogP contribution >= 0.6 is 0 Å². The number of benzene rings is 2. The van der Waals surface area contributed by atoms with Gasteiger partial charge in [0.05, 0.1) is 0 Å². The zero-order valence-corrected chi connectivity index (χ0v) is 8.68. The molecular weight excluding hydrogens is 202 g/mol. The Bertz CT molecular complexity index is 457. The molecule has 0 aliphatic carbocycles. The Morgan fingerprint density at radius 3 is 2.06 bits per heavy atom. The first kappa shape index (κ1) is 11.7. The normalized spacial score (nSPS) is 9.00. The number of hydrogen-bond donors (Lipinski definition) is 3. The van der Waals surface area contributed by atoms with Gasteiger partial charge in [0.25, 0.3) is 0 Å². The van der Waals surface area contributed by atoms with Crippen LogP contribution in [-0.4, -0.2) is 0 Å². The van der Waals surface area contributed by atoms with E-state index >= 15 is 0 Å². The quantitative estimate of drug-likeness (QED) is 0.504. The van der Waals surface area contributed by atoms with Crippen molar-refractivity contribution in [3.8, 4) is 11.1 Å². The van der Waals surface area contributed by atoms with Gasteiger partial charge in [-0.1, -0.05) is 42.0 Å². The third kappa shape index (κ3) is 2.57. The largest absolute Gasteiger partial charge is 0.399 e. The van der Waals surface area contributed by atoms with E-state index in [9.17, 15) is 0 Å². The zero-order chi connectivity index (χ0) is 12.0. The summed E-state index contributed by atoms with van der Waals surface area (Å²) in [4.78, 5) is 7.50. The van der Waals surface area contributed by atoms with Gasteiger partial charge in [0.15, 0.2) is 0 Å². The summed E-state index contributed by atoms with van der Waals surface area (Å²) < 4.78 is 0. The van der Waals surface area contributed by atoms with E-state index in [1.54, 1.807) is 6.07 Å². The van der Waals surface area contributed by atoms with Crippen LogP contribution in [0.2, 0.25) is 0 Å². The molecule has 2 rings (SSSR count). The van der Waals surface area contributed by atoms with Crippen LogP contribution in [-0.2, 0) is 0 Å². The maximum atomic E-state index is 7.50. The highest BCUT2D eigenvalue weighted by Crippen LogP contribution is 2.26. The van der Waals surface area contributed by atoms with Gasteiger partial charge in [-0.2, -0.15) is 4.91 Å². The van der Waals surface area contributed by atoms with Crippen molar-refractivity contribution in [2.75, 3.05) is 11.5 Å². The average Bonchev–Trinajstić information content (AvgIpc) is 2.33. The number of nitrogens with one attached hydrogen (secondary N) is 1. The van der Waals surface area contributed by atoms with Crippen molar-refractivity contribution in [3.05, 3.63) is 53.4 Å². The Morgan fingerprint density at radius 1 is 0.875 bits per heavy atom. The molecule has 0 aliphatic heterocycles. The van der Waals surface area contributed by atoms with E-state index in [1.807, 2.05) is 42.5 Å². The minimum atomic E-state index is 0.696. The summed E-state index contributed by atoms with van der Waals surface area (Å²) in [6.45, 7) is 0. The second kappa shape index (κ2) is 5.50. The molecule has 0 radical (unpaired) electrons. The Morgan fingerprint density at radius 2 is 1.50 bits per heavy atom. The maximum Gasteiger partial charge on any atom is 0.0414 e. The fourth-order valence-corrected chi connectivity index (χ4v) is 1.46. The van der Waals surface area contributed by atoms with E-state index in [-0.39, 0.29) is 0 Å². The molecular formula is C12H13N3O. The molecule has 16 heavy (non-hydrogen) atoms. The van der Waals surface area contributed by atoms with Gasteiger partial charge in [0, 0.05) is 16.9 Å². The van der Waals surface area contributed by atoms with Gasteiger partial charge in [-0.25, -0.2) is 0 Å². The summed E-state index contributed by atoms with van der Waals surface area (Å²) in [5.41, 5.74) is 19.6. The lowest BCUT2D eigenvalue weighted by atomic mass is 10.0. The van der Waals surface area contributed by atoms with Crippen molar-refractivity contribution in [2.45, 2.75) is 0 Å². The smallest absolute Gasteiger partial charge is 0.0414 e. The van der Waals surface area contributed by atoms with Crippen LogP contribution in [0.1, 0.15) is 0 Å². The molecule has 4 nitrogen and oxygen atoms in total. The fourth-order valence-electron chi connectivity index (χ4n) is 1.46. The van der Waals surface area contributed by atoms with Gasteiger partial charge in [0.1, 0.15) is 0 Å². The molecule has 0 heterocycles. The number of rotatable bonds is 1. The summed E-state index contributed by atoms with van der Waals surface area (Å²) in [5.74, 6) is 0. The topological polar surface area (TPSA) is 93.0 Å². The number of nitrogen functional groups attached to an aromatic ring is 2. The molecule has 0 atom stereocenters. The lowest BCUT2D eigenvalue weighted by Crippen LogP contribution is -1.92. The molecule has 0 amide bonds. The summed E-state index contributed by atoms with van der Waals surface area (Å²) >= 11 is 0. The number of nitrogens with two attached hydrogens (primary N) is 2. The fraction of sp³-hybridized carbons (Fsp3) is 0. The van der Waals surface area contributed by atoms with E-state index < -0.39 is 0 Å². The number of nitroso groups, excluding NO2 is 1. The Kier molecular flexibility index (Phi) is 4.03. The molecule has 0 saturated heterocycles. The van der Waals surface area contributed by atoms with Crippen LogP contribution in [0.3, 0.4) is 0 Å². The van der Waals surface area contributed by atoms with Gasteiger partial charge in [-0.3, -0.25) is 0 Å². The molecule has 4 heteroatoms. The van der Waals surface area contributed by atoms with Crippen LogP contribution in [0.25, 0.3) is 11.1 Å². The van der Waals surface area contributed by atoms with Gasteiger partial charge >= 0.3 is 0 Å². The van der Waals surface area contributed by atoms with Crippen molar-refractivity contribution in [1.29, 1.82) is 5.59 Å². The molecule has 2 aromatic rings. The molecule has 0 unspecified atom stereocenters. The molecule has 0 saturated carbocycles. The summed E-state index contributed by atoms with van der Waals surface area (Å²) in [6.07, 6.45) is 0. The Balaban J connectivity index is 0.000000606. The highest BCUT2D eigenvalue weighted by molar-refractivity contribution is 5.78. The van der Waals surface area contributed by atoms with Gasteiger partial charge < -0.3 is 11.5 Å². The first-order valence-corrected chi connectivity index (χ1v) is 4.68. The van der Waals surface area contributed by atoms with E-state index in [2.05, 4.69) is 5.59 Å². The van der Waals surface area contributed by atoms with E-state index in [0.717, 1.165) is 16.8 Å². The van der Waals surface area contributed by atoms with Gasteiger partial charge in [-0.05, 0) is 17.7 Å². The Labute approximate surface area is 93.7 Å². The van der Waals surface area contributed by atoms with E-state index in [4.69, 9.17) is 16.4 Å². The van der Waals surface area contributed by atoms with Crippen LogP contribution in [0.4, 0.5) is 11.4 Å². The lowest BCUT2D eigenvalue weighted by Gasteiger charge is -2.06. The van der Waals surface area contributed by atoms with Crippen LogP contribution in [0, 0.1) is 10.5 Å². The standard InChI is InChI=1S/C12H12N2.HNO/c13-10-6-7-11(12(14)8-10)9-4-2-1-3-5-9;1-2/h1-8H,13-14H2;1H. The van der Waals surface area contributed by atoms with Crippen molar-refractivity contribution in [1.82, 2.24) is 0 Å². The Hall–Kier alpha value is -2.36. The van der Waals surface area contributed by atoms with Crippen molar-refractivity contribution in [3.63, 3.8) is 0 Å². The molecule has 0 fully saturated rings. The molecule has 0 bridgehead atoms. The summed E-state index contributed by atoms with van der Waals surface area (Å²) in [6, 6.07) is 15.6. The van der Waals surface area contributed by atoms with Gasteiger partial charge in [0.2, 0.25) is 0 Å². The first-order valence-electron chi connectivity index (χ1n) is 4.68. The van der Waals surface area contributed by atoms with Crippen LogP contribution in [0.15, 0.2) is 48.5 Å². The number of anilines is 2. The summed E-state index contributed by atoms with van der Waals surface area (Å²) in [7, 11) is 0. The zero-order valence-electron chi connectivity index (χ0n) is 8.68. The molecule has 2 aromatic carbocycles. The van der Waals surface area contributed by atoms with Crippen molar-refractivity contribution >= 4 is 11.4 Å². The molecule has 0 spiro atoms. The first-order chi connectivity index (χ1) is 7.77. The van der Waals surface area contributed by atoms with Crippen molar-refractivity contribution < 1.29 is 0 Å². The molecule has 0 aliphatic rings. The minimum Gasteiger partial charge on any atom is -0.399 e. The highest BCUT2D eigenvalue weighted by Gasteiger charge is 2.00. The van der Waals surface area contributed by atoms with E-state index in [0.29, 0.717) is 5.69 Å². The van der Waals surface area contributed by atoms with Gasteiger partial charge in [-0.15, -0.1) is 0 Å². The van der Waals surface area contributed by atoms with E-state index in [1.165, 1.54) is 0 Å². The highest BCUT2D eigenvalue weighted by atomic mass is 16.2. The molecule has 5 N–H and O–H groups in total. The van der Waals surface area contributed by atoms with Crippen LogP contribution < -0.4 is 11.5 Å². The molecule has 82 valence electrons. The van der Waals surface area contributed by atoms with Crippen LogP contribution in [0.5, 0.6) is 0 Å². The lowest BCUT2D eigenvalue weighted by molar-refractivity contribution is 1.49. The number of hydrogen-bond acceptors (Lipinski definition) is 4. The summed E-state index contributed by atoms with van der Waals surface area (Å²) in [5, 5.41) is 0. The van der Waals surface area contributed by atoms with Crippen molar-refractivity contribution in [2.24, 2.45) is 0 Å². The predicted molar refractivity (Wildman–Crippen MR) is 66.8 cm³/mol. The SMILES string of the molecule is N=O.Nc1ccc(-c2ccccc2)c(N)c1. The third-order valence-corrected chi connectivity index (χ3v) is 2.16. The molecule has 0 aromatic heterocycles. The predicted octanol–water partition coefficient (Wildman–Crippen LogP) is 2.85. The maximum absolute atomic E-state index is 7.50. The second-order valence-electron chi connectivity index (χ2n) is 3.21. The third-order valence-electron chi connectivity index (χ3n) is 2.16. The second-order valence-corrected chi connectivity index (χ2v) is 3.21. The minimum absolute atomic E-state index is 0.696. The monoisotopic (exact) mass is 215 g/mol. The average molecular weight is 215 g/mol.